The Morgan fingerprint density at radius 1 is 1.12 bits per heavy atom. The Morgan fingerprint density at radius 3 is 2.71 bits per heavy atom. The summed E-state index contributed by atoms with van der Waals surface area (Å²) in [5, 5.41) is 6.02. The molecule has 4 nitrogen and oxygen atoms in total. The molecule has 0 fully saturated rings. The van der Waals surface area contributed by atoms with Gasteiger partial charge in [-0.3, -0.25) is 9.78 Å². The molecular weight excluding hydrogens is 318 g/mol. The first-order chi connectivity index (χ1) is 11.5. The molecule has 120 valence electrons. The lowest BCUT2D eigenvalue weighted by Crippen LogP contribution is -2.32. The monoisotopic (exact) mass is 335 g/mol. The molecule has 1 aliphatic rings. The van der Waals surface area contributed by atoms with E-state index >= 15 is 0 Å². The van der Waals surface area contributed by atoms with E-state index in [1.807, 2.05) is 24.3 Å². The van der Waals surface area contributed by atoms with Gasteiger partial charge in [0, 0.05) is 46.4 Å². The smallest absolute Gasteiger partial charge is 0.225 e. The van der Waals surface area contributed by atoms with Crippen LogP contribution in [0.4, 0.5) is 5.69 Å². The highest BCUT2D eigenvalue weighted by molar-refractivity contribution is 7.13. The van der Waals surface area contributed by atoms with Crippen LogP contribution in [0.5, 0.6) is 0 Å². The van der Waals surface area contributed by atoms with Crippen LogP contribution in [0, 0.1) is 0 Å². The number of amides is 1. The summed E-state index contributed by atoms with van der Waals surface area (Å²) in [5.41, 5.74) is 5.02. The highest BCUT2D eigenvalue weighted by Crippen LogP contribution is 2.39. The normalized spacial score (nSPS) is 15.7. The van der Waals surface area contributed by atoms with E-state index in [1.54, 1.807) is 23.7 Å². The minimum absolute atomic E-state index is 0.0777. The van der Waals surface area contributed by atoms with Crippen LogP contribution in [-0.2, 0) is 10.2 Å². The van der Waals surface area contributed by atoms with E-state index in [1.165, 1.54) is 0 Å². The molecule has 5 heteroatoms. The molecule has 3 aromatic rings. The van der Waals surface area contributed by atoms with E-state index in [9.17, 15) is 4.79 Å². The van der Waals surface area contributed by atoms with Crippen molar-refractivity contribution >= 4 is 22.9 Å². The zero-order valence-corrected chi connectivity index (χ0v) is 14.4. The lowest BCUT2D eigenvalue weighted by molar-refractivity contribution is -0.117. The standard InChI is InChI=1S/C19H17N3OS/c1-19(2)10-17(23)21-15-4-3-13(9-14(15)19)16-11-24-18(22-16)12-5-7-20-8-6-12/h3-9,11H,10H2,1-2H3,(H,21,23). The lowest BCUT2D eigenvalue weighted by atomic mass is 9.77. The van der Waals surface area contributed by atoms with Crippen molar-refractivity contribution in [3.8, 4) is 21.8 Å². The zero-order chi connectivity index (χ0) is 16.7. The van der Waals surface area contributed by atoms with Crippen molar-refractivity contribution in [1.29, 1.82) is 0 Å². The van der Waals surface area contributed by atoms with Gasteiger partial charge in [0.15, 0.2) is 0 Å². The molecule has 2 aromatic heterocycles. The molecule has 4 rings (SSSR count). The number of nitrogens with one attached hydrogen (secondary N) is 1. The number of hydrogen-bond acceptors (Lipinski definition) is 4. The first-order valence-corrected chi connectivity index (χ1v) is 8.72. The largest absolute Gasteiger partial charge is 0.326 e. The van der Waals surface area contributed by atoms with Crippen LogP contribution in [0.1, 0.15) is 25.8 Å². The molecule has 0 radical (unpaired) electrons. The molecule has 3 heterocycles. The van der Waals surface area contributed by atoms with E-state index < -0.39 is 0 Å². The Bertz CT molecular complexity index is 915. The number of carbonyl (C=O) groups is 1. The van der Waals surface area contributed by atoms with Gasteiger partial charge < -0.3 is 5.32 Å². The molecule has 0 unspecified atom stereocenters. The van der Waals surface area contributed by atoms with Gasteiger partial charge in [0.1, 0.15) is 5.01 Å². The third kappa shape index (κ3) is 2.61. The van der Waals surface area contributed by atoms with Gasteiger partial charge in [-0.25, -0.2) is 4.98 Å². The van der Waals surface area contributed by atoms with Crippen LogP contribution in [0.25, 0.3) is 21.8 Å². The quantitative estimate of drug-likeness (QED) is 0.750. The van der Waals surface area contributed by atoms with Gasteiger partial charge in [0.05, 0.1) is 5.69 Å². The molecule has 0 saturated carbocycles. The van der Waals surface area contributed by atoms with Gasteiger partial charge in [-0.1, -0.05) is 19.9 Å². The van der Waals surface area contributed by atoms with Crippen molar-refractivity contribution in [2.24, 2.45) is 0 Å². The van der Waals surface area contributed by atoms with Gasteiger partial charge >= 0.3 is 0 Å². The second kappa shape index (κ2) is 5.53. The Balaban J connectivity index is 1.74. The van der Waals surface area contributed by atoms with Crippen LogP contribution in [-0.4, -0.2) is 15.9 Å². The summed E-state index contributed by atoms with van der Waals surface area (Å²) in [6, 6.07) is 10.1. The fraction of sp³-hybridized carbons (Fsp3) is 0.211. The van der Waals surface area contributed by atoms with E-state index in [2.05, 4.69) is 35.6 Å². The highest BCUT2D eigenvalue weighted by atomic mass is 32.1. The fourth-order valence-electron chi connectivity index (χ4n) is 3.10. The van der Waals surface area contributed by atoms with Crippen LogP contribution < -0.4 is 5.32 Å². The molecule has 0 spiro atoms. The Hall–Kier alpha value is -2.53. The second-order valence-electron chi connectivity index (χ2n) is 6.64. The molecular formula is C19H17N3OS. The van der Waals surface area contributed by atoms with Crippen molar-refractivity contribution in [1.82, 2.24) is 9.97 Å². The Labute approximate surface area is 144 Å². The van der Waals surface area contributed by atoms with Gasteiger partial charge in [-0.2, -0.15) is 0 Å². The van der Waals surface area contributed by atoms with Crippen LogP contribution >= 0.6 is 11.3 Å². The molecule has 0 atom stereocenters. The predicted molar refractivity (Wildman–Crippen MR) is 97.1 cm³/mol. The molecule has 1 amide bonds. The second-order valence-corrected chi connectivity index (χ2v) is 7.50. The van der Waals surface area contributed by atoms with Crippen molar-refractivity contribution < 1.29 is 4.79 Å². The number of benzene rings is 1. The summed E-state index contributed by atoms with van der Waals surface area (Å²) in [4.78, 5) is 20.6. The molecule has 0 aliphatic carbocycles. The van der Waals surface area contributed by atoms with Crippen molar-refractivity contribution in [2.45, 2.75) is 25.7 Å². The number of thiazole rings is 1. The predicted octanol–water partition coefficient (Wildman–Crippen LogP) is 4.49. The van der Waals surface area contributed by atoms with Gasteiger partial charge in [-0.15, -0.1) is 11.3 Å². The number of pyridine rings is 1. The number of anilines is 1. The number of aromatic nitrogens is 2. The van der Waals surface area contributed by atoms with Crippen LogP contribution in [0.15, 0.2) is 48.1 Å². The number of nitrogens with zero attached hydrogens (tertiary/aromatic N) is 2. The Morgan fingerprint density at radius 2 is 1.92 bits per heavy atom. The summed E-state index contributed by atoms with van der Waals surface area (Å²) < 4.78 is 0. The Kier molecular flexibility index (Phi) is 3.46. The van der Waals surface area contributed by atoms with E-state index in [0.717, 1.165) is 33.1 Å². The van der Waals surface area contributed by atoms with E-state index in [0.29, 0.717) is 6.42 Å². The number of fused-ring (bicyclic) bond motifs is 1. The van der Waals surface area contributed by atoms with E-state index in [4.69, 9.17) is 4.98 Å². The molecule has 24 heavy (non-hydrogen) atoms. The third-order valence-corrected chi connectivity index (χ3v) is 5.24. The average Bonchev–Trinajstić information content (AvgIpc) is 3.04. The summed E-state index contributed by atoms with van der Waals surface area (Å²) in [6.07, 6.45) is 4.06. The summed E-state index contributed by atoms with van der Waals surface area (Å²) in [5.74, 6) is 0.0777. The van der Waals surface area contributed by atoms with Crippen LogP contribution in [0.3, 0.4) is 0 Å². The molecule has 0 bridgehead atoms. The van der Waals surface area contributed by atoms with Crippen molar-refractivity contribution in [3.63, 3.8) is 0 Å². The first kappa shape index (κ1) is 15.0. The average molecular weight is 335 g/mol. The highest BCUT2D eigenvalue weighted by Gasteiger charge is 2.32. The van der Waals surface area contributed by atoms with Crippen LogP contribution in [0.2, 0.25) is 0 Å². The summed E-state index contributed by atoms with van der Waals surface area (Å²) in [6.45, 7) is 4.22. The zero-order valence-electron chi connectivity index (χ0n) is 13.5. The maximum absolute atomic E-state index is 11.8. The van der Waals surface area contributed by atoms with Gasteiger partial charge in [0.2, 0.25) is 5.91 Å². The lowest BCUT2D eigenvalue weighted by Gasteiger charge is -2.32. The molecule has 1 N–H and O–H groups in total. The summed E-state index contributed by atoms with van der Waals surface area (Å²) in [7, 11) is 0. The van der Waals surface area contributed by atoms with Gasteiger partial charge in [-0.05, 0) is 29.8 Å². The number of carbonyl (C=O) groups excluding carboxylic acids is 1. The summed E-state index contributed by atoms with van der Waals surface area (Å²) >= 11 is 1.63. The maximum Gasteiger partial charge on any atom is 0.225 e. The SMILES string of the molecule is CC1(C)CC(=O)Nc2ccc(-c3csc(-c4ccncc4)n3)cc21. The van der Waals surface area contributed by atoms with Crippen molar-refractivity contribution in [3.05, 3.63) is 53.7 Å². The first-order valence-electron chi connectivity index (χ1n) is 7.84. The molecule has 0 saturated heterocycles. The number of hydrogen-bond donors (Lipinski definition) is 1. The topological polar surface area (TPSA) is 54.9 Å². The maximum atomic E-state index is 11.8. The molecule has 1 aliphatic heterocycles. The molecule has 1 aromatic carbocycles. The fourth-order valence-corrected chi connectivity index (χ4v) is 3.93. The number of rotatable bonds is 2. The third-order valence-electron chi connectivity index (χ3n) is 4.35. The van der Waals surface area contributed by atoms with Crippen molar-refractivity contribution in [2.75, 3.05) is 5.32 Å². The minimum atomic E-state index is -0.169. The van der Waals surface area contributed by atoms with E-state index in [-0.39, 0.29) is 11.3 Å². The minimum Gasteiger partial charge on any atom is -0.326 e. The van der Waals surface area contributed by atoms with Gasteiger partial charge in [0.25, 0.3) is 0 Å².